The molecule has 0 aromatic heterocycles. The van der Waals surface area contributed by atoms with Crippen molar-refractivity contribution in [2.75, 3.05) is 33.2 Å². The highest BCUT2D eigenvalue weighted by Crippen LogP contribution is 2.40. The maximum Gasteiger partial charge on any atom is 0.220 e. The molecule has 2 fully saturated rings. The number of piperidine rings is 1. The van der Waals surface area contributed by atoms with Gasteiger partial charge in [0.1, 0.15) is 5.82 Å². The van der Waals surface area contributed by atoms with Gasteiger partial charge in [0.2, 0.25) is 5.91 Å². The van der Waals surface area contributed by atoms with Gasteiger partial charge in [0.25, 0.3) is 0 Å². The van der Waals surface area contributed by atoms with Gasteiger partial charge in [-0.2, -0.15) is 0 Å². The Kier molecular flexibility index (Phi) is 8.11. The number of guanidine groups is 1. The Morgan fingerprint density at radius 1 is 1.23 bits per heavy atom. The number of rotatable bonds is 6. The van der Waals surface area contributed by atoms with Gasteiger partial charge in [-0.15, -0.1) is 0 Å². The third kappa shape index (κ3) is 5.73. The van der Waals surface area contributed by atoms with Crippen molar-refractivity contribution in [3.8, 4) is 0 Å². The Morgan fingerprint density at radius 3 is 2.60 bits per heavy atom. The smallest absolute Gasteiger partial charge is 0.220 e. The Labute approximate surface area is 180 Å². The third-order valence-corrected chi connectivity index (χ3v) is 6.78. The molecule has 0 unspecified atom stereocenters. The fourth-order valence-corrected chi connectivity index (χ4v) is 4.95. The maximum atomic E-state index is 14.0. The molecular formula is C24H37FN4O. The molecule has 2 aliphatic rings. The molecule has 0 atom stereocenters. The number of hydrogen-bond acceptors (Lipinski definition) is 2. The highest BCUT2D eigenvalue weighted by molar-refractivity contribution is 5.80. The lowest BCUT2D eigenvalue weighted by Gasteiger charge is -2.38. The zero-order valence-corrected chi connectivity index (χ0v) is 18.6. The average molecular weight is 417 g/mol. The van der Waals surface area contributed by atoms with E-state index in [0.29, 0.717) is 18.9 Å². The number of carbonyl (C=O) groups excluding carboxylic acids is 1. The van der Waals surface area contributed by atoms with E-state index in [0.717, 1.165) is 56.8 Å². The van der Waals surface area contributed by atoms with Gasteiger partial charge in [0.15, 0.2) is 5.96 Å². The average Bonchev–Trinajstić information content (AvgIpc) is 2.78. The van der Waals surface area contributed by atoms with Crippen LogP contribution in [0.5, 0.6) is 0 Å². The minimum atomic E-state index is -0.161. The summed E-state index contributed by atoms with van der Waals surface area (Å²) in [6, 6.07) is 7.13. The van der Waals surface area contributed by atoms with Crippen LogP contribution in [0.4, 0.5) is 4.39 Å². The number of carbonyl (C=O) groups is 1. The first-order valence-electron chi connectivity index (χ1n) is 11.6. The lowest BCUT2D eigenvalue weighted by Crippen LogP contribution is -2.47. The summed E-state index contributed by atoms with van der Waals surface area (Å²) in [7, 11) is 1.70. The second-order valence-corrected chi connectivity index (χ2v) is 8.83. The van der Waals surface area contributed by atoms with Crippen LogP contribution in [-0.4, -0.2) is 50.0 Å². The largest absolute Gasteiger partial charge is 0.359 e. The van der Waals surface area contributed by atoms with Crippen molar-refractivity contribution in [1.29, 1.82) is 0 Å². The molecule has 0 radical (unpaired) electrons. The van der Waals surface area contributed by atoms with Crippen molar-refractivity contribution in [1.82, 2.24) is 15.5 Å². The van der Waals surface area contributed by atoms with E-state index in [1.54, 1.807) is 13.1 Å². The van der Waals surface area contributed by atoms with Crippen molar-refractivity contribution in [3.05, 3.63) is 35.6 Å². The molecule has 2 N–H and O–H groups in total. The molecule has 1 amide bonds. The molecule has 3 rings (SSSR count). The van der Waals surface area contributed by atoms with Gasteiger partial charge in [-0.1, -0.05) is 31.4 Å². The predicted octanol–water partition coefficient (Wildman–Crippen LogP) is 3.84. The van der Waals surface area contributed by atoms with Crippen LogP contribution < -0.4 is 10.6 Å². The van der Waals surface area contributed by atoms with Crippen molar-refractivity contribution in [2.24, 2.45) is 10.9 Å². The Hall–Kier alpha value is -2.11. The van der Waals surface area contributed by atoms with E-state index in [9.17, 15) is 9.18 Å². The molecule has 0 spiro atoms. The van der Waals surface area contributed by atoms with Crippen molar-refractivity contribution in [2.45, 2.75) is 63.7 Å². The molecule has 1 aromatic carbocycles. The Bertz CT molecular complexity index is 722. The molecule has 1 saturated heterocycles. The van der Waals surface area contributed by atoms with E-state index < -0.39 is 0 Å². The summed E-state index contributed by atoms with van der Waals surface area (Å²) in [6.45, 7) is 5.44. The topological polar surface area (TPSA) is 56.7 Å². The van der Waals surface area contributed by atoms with Crippen molar-refractivity contribution < 1.29 is 9.18 Å². The SMILES string of the molecule is CCNC(=NCC1(c2cccc(F)c2)CCCCC1)N1CCC(CC(=O)NC)CC1. The molecule has 1 aliphatic heterocycles. The van der Waals surface area contributed by atoms with E-state index in [4.69, 9.17) is 4.99 Å². The van der Waals surface area contributed by atoms with Gasteiger partial charge in [0, 0.05) is 38.5 Å². The first kappa shape index (κ1) is 22.6. The number of nitrogens with zero attached hydrogens (tertiary/aromatic N) is 2. The molecule has 1 aromatic rings. The van der Waals surface area contributed by atoms with E-state index in [-0.39, 0.29) is 17.1 Å². The molecule has 1 heterocycles. The molecule has 0 bridgehead atoms. The van der Waals surface area contributed by atoms with Crippen molar-refractivity contribution >= 4 is 11.9 Å². The summed E-state index contributed by atoms with van der Waals surface area (Å²) >= 11 is 0. The second kappa shape index (κ2) is 10.8. The number of benzene rings is 1. The number of amides is 1. The Balaban J connectivity index is 1.71. The van der Waals surface area contributed by atoms with Gasteiger partial charge in [-0.25, -0.2) is 4.39 Å². The van der Waals surface area contributed by atoms with Gasteiger partial charge >= 0.3 is 0 Å². The molecule has 1 aliphatic carbocycles. The van der Waals surface area contributed by atoms with Gasteiger partial charge in [0.05, 0.1) is 6.54 Å². The number of likely N-dealkylation sites (tertiary alicyclic amines) is 1. The first-order chi connectivity index (χ1) is 14.6. The van der Waals surface area contributed by atoms with Crippen LogP contribution in [0.15, 0.2) is 29.3 Å². The summed E-state index contributed by atoms with van der Waals surface area (Å²) in [5.41, 5.74) is 1.02. The fraction of sp³-hybridized carbons (Fsp3) is 0.667. The molecule has 6 heteroatoms. The molecule has 166 valence electrons. The Morgan fingerprint density at radius 2 is 1.97 bits per heavy atom. The number of aliphatic imine (C=N–C) groups is 1. The predicted molar refractivity (Wildman–Crippen MR) is 120 cm³/mol. The zero-order chi connectivity index (χ0) is 21.4. The van der Waals surface area contributed by atoms with E-state index in [1.807, 2.05) is 6.07 Å². The van der Waals surface area contributed by atoms with Crippen LogP contribution in [0.2, 0.25) is 0 Å². The molecule has 30 heavy (non-hydrogen) atoms. The van der Waals surface area contributed by atoms with E-state index in [1.165, 1.54) is 25.3 Å². The standard InChI is InChI=1S/C24H37FN4O/c1-3-27-23(29-14-10-19(11-15-29)16-22(30)26-2)28-18-24(12-5-4-6-13-24)20-8-7-9-21(25)17-20/h7-9,17,19H,3-6,10-16,18H2,1-2H3,(H,26,30)(H,27,28). The van der Waals surface area contributed by atoms with Crippen LogP contribution in [0, 0.1) is 11.7 Å². The first-order valence-corrected chi connectivity index (χ1v) is 11.6. The molecular weight excluding hydrogens is 379 g/mol. The summed E-state index contributed by atoms with van der Waals surface area (Å²) in [5, 5.41) is 6.19. The van der Waals surface area contributed by atoms with Crippen LogP contribution in [0.25, 0.3) is 0 Å². The van der Waals surface area contributed by atoms with Crippen LogP contribution in [0.3, 0.4) is 0 Å². The van der Waals surface area contributed by atoms with E-state index >= 15 is 0 Å². The normalized spacial score (nSPS) is 20.1. The highest BCUT2D eigenvalue weighted by atomic mass is 19.1. The summed E-state index contributed by atoms with van der Waals surface area (Å²) < 4.78 is 14.0. The van der Waals surface area contributed by atoms with Gasteiger partial charge < -0.3 is 15.5 Å². The molecule has 1 saturated carbocycles. The minimum absolute atomic E-state index is 0.0709. The third-order valence-electron chi connectivity index (χ3n) is 6.78. The van der Waals surface area contributed by atoms with Crippen LogP contribution in [-0.2, 0) is 10.2 Å². The minimum Gasteiger partial charge on any atom is -0.359 e. The van der Waals surface area contributed by atoms with Crippen molar-refractivity contribution in [3.63, 3.8) is 0 Å². The fourth-order valence-electron chi connectivity index (χ4n) is 4.95. The lowest BCUT2D eigenvalue weighted by molar-refractivity contribution is -0.121. The number of hydrogen-bond donors (Lipinski definition) is 2. The summed E-state index contributed by atoms with van der Waals surface area (Å²) in [4.78, 5) is 19.1. The highest BCUT2D eigenvalue weighted by Gasteiger charge is 2.34. The van der Waals surface area contributed by atoms with Gasteiger partial charge in [-0.3, -0.25) is 9.79 Å². The zero-order valence-electron chi connectivity index (χ0n) is 18.6. The number of halogens is 1. The maximum absolute atomic E-state index is 14.0. The molecule has 5 nitrogen and oxygen atoms in total. The van der Waals surface area contributed by atoms with Gasteiger partial charge in [-0.05, 0) is 56.2 Å². The monoisotopic (exact) mass is 416 g/mol. The summed E-state index contributed by atoms with van der Waals surface area (Å²) in [5.74, 6) is 1.37. The lowest BCUT2D eigenvalue weighted by atomic mass is 9.69. The second-order valence-electron chi connectivity index (χ2n) is 8.83. The van der Waals surface area contributed by atoms with E-state index in [2.05, 4.69) is 28.5 Å². The number of nitrogens with one attached hydrogen (secondary N) is 2. The summed E-state index contributed by atoms with van der Waals surface area (Å²) in [6.07, 6.45) is 8.35. The van der Waals surface area contributed by atoms with Crippen LogP contribution >= 0.6 is 0 Å². The van der Waals surface area contributed by atoms with Crippen LogP contribution in [0.1, 0.15) is 63.9 Å². The quantitative estimate of drug-likeness (QED) is 0.547.